The maximum atomic E-state index is 13.8. The molecule has 0 spiro atoms. The Kier molecular flexibility index (Phi) is 7.00. The van der Waals surface area contributed by atoms with Gasteiger partial charge in [-0.1, -0.05) is 42.1 Å². The van der Waals surface area contributed by atoms with Crippen LogP contribution >= 0.6 is 27.7 Å². The zero-order valence-electron chi connectivity index (χ0n) is 15.0. The maximum Gasteiger partial charge on any atom is 0.275 e. The van der Waals surface area contributed by atoms with Crippen molar-refractivity contribution in [3.8, 4) is 5.75 Å². The van der Waals surface area contributed by atoms with Crippen LogP contribution in [0.5, 0.6) is 5.75 Å². The van der Waals surface area contributed by atoms with Gasteiger partial charge in [0.25, 0.3) is 5.91 Å². The smallest absolute Gasteiger partial charge is 0.275 e. The number of carbonyl (C=O) groups is 1. The monoisotopic (exact) mass is 461 g/mol. The normalized spacial score (nSPS) is 10.5. The van der Waals surface area contributed by atoms with Crippen molar-refractivity contribution < 1.29 is 13.9 Å². The quantitative estimate of drug-likeness (QED) is 0.380. The topological polar surface area (TPSA) is 64.1 Å². The largest absolute Gasteiger partial charge is 0.492 e. The van der Waals surface area contributed by atoms with Crippen LogP contribution in [0.1, 0.15) is 23.0 Å². The van der Waals surface area contributed by atoms with Crippen molar-refractivity contribution in [3.63, 3.8) is 0 Å². The van der Waals surface area contributed by atoms with E-state index in [-0.39, 0.29) is 11.5 Å². The zero-order valence-corrected chi connectivity index (χ0v) is 17.4. The molecule has 28 heavy (non-hydrogen) atoms. The molecule has 0 aliphatic rings. The van der Waals surface area contributed by atoms with Crippen molar-refractivity contribution in [1.29, 1.82) is 0 Å². The van der Waals surface area contributed by atoms with E-state index < -0.39 is 5.91 Å². The van der Waals surface area contributed by atoms with Crippen LogP contribution in [0.25, 0.3) is 0 Å². The first-order chi connectivity index (χ1) is 13.6. The van der Waals surface area contributed by atoms with Gasteiger partial charge in [0.2, 0.25) is 0 Å². The van der Waals surface area contributed by atoms with Crippen molar-refractivity contribution in [3.05, 3.63) is 76.3 Å². The Bertz CT molecular complexity index is 987. The van der Waals surface area contributed by atoms with Crippen LogP contribution in [0.3, 0.4) is 0 Å². The van der Waals surface area contributed by atoms with Crippen molar-refractivity contribution in [1.82, 2.24) is 9.97 Å². The standard InChI is InChI=1S/C20H17BrFN3O2S/c1-2-27-17-10-6-5-9-16(17)24-19(26)18-14(21)11-23-20(25-18)28-12-13-7-3-4-8-15(13)22/h3-11H,2,12H2,1H3,(H,24,26). The molecule has 0 aliphatic carbocycles. The van der Waals surface area contributed by atoms with Crippen molar-refractivity contribution in [2.24, 2.45) is 0 Å². The van der Waals surface area contributed by atoms with E-state index in [4.69, 9.17) is 4.74 Å². The van der Waals surface area contributed by atoms with E-state index in [9.17, 15) is 9.18 Å². The number of ether oxygens (including phenoxy) is 1. The first-order valence-corrected chi connectivity index (χ1v) is 10.3. The van der Waals surface area contributed by atoms with Crippen molar-refractivity contribution >= 4 is 39.3 Å². The molecule has 1 aromatic heterocycles. The van der Waals surface area contributed by atoms with E-state index in [1.807, 2.05) is 19.1 Å². The summed E-state index contributed by atoms with van der Waals surface area (Å²) in [6, 6.07) is 13.7. The number of thioether (sulfide) groups is 1. The Morgan fingerprint density at radius 2 is 1.96 bits per heavy atom. The van der Waals surface area contributed by atoms with Gasteiger partial charge in [0.05, 0.1) is 16.8 Å². The van der Waals surface area contributed by atoms with E-state index in [1.165, 1.54) is 24.0 Å². The number of nitrogens with one attached hydrogen (secondary N) is 1. The van der Waals surface area contributed by atoms with Gasteiger partial charge in [-0.2, -0.15) is 0 Å². The highest BCUT2D eigenvalue weighted by molar-refractivity contribution is 9.10. The highest BCUT2D eigenvalue weighted by atomic mass is 79.9. The number of hydrogen-bond acceptors (Lipinski definition) is 5. The molecule has 1 amide bonds. The molecule has 1 heterocycles. The summed E-state index contributed by atoms with van der Waals surface area (Å²) in [5.74, 6) is 0.271. The minimum atomic E-state index is -0.394. The van der Waals surface area contributed by atoms with Crippen LogP contribution in [-0.4, -0.2) is 22.5 Å². The predicted octanol–water partition coefficient (Wildman–Crippen LogP) is 5.32. The van der Waals surface area contributed by atoms with Crippen LogP contribution < -0.4 is 10.1 Å². The van der Waals surface area contributed by atoms with Gasteiger partial charge >= 0.3 is 0 Å². The number of aromatic nitrogens is 2. The highest BCUT2D eigenvalue weighted by Crippen LogP contribution is 2.27. The number of hydrogen-bond donors (Lipinski definition) is 1. The second-order valence-electron chi connectivity index (χ2n) is 5.61. The Balaban J connectivity index is 1.76. The van der Waals surface area contributed by atoms with E-state index in [0.29, 0.717) is 39.0 Å². The fourth-order valence-corrected chi connectivity index (χ4v) is 3.54. The fraction of sp³-hybridized carbons (Fsp3) is 0.150. The molecular formula is C20H17BrFN3O2S. The SMILES string of the molecule is CCOc1ccccc1NC(=O)c1nc(SCc2ccccc2F)ncc1Br. The second kappa shape index (κ2) is 9.66. The van der Waals surface area contributed by atoms with Gasteiger partial charge < -0.3 is 10.1 Å². The number of nitrogens with zero attached hydrogens (tertiary/aromatic N) is 2. The summed E-state index contributed by atoms with van der Waals surface area (Å²) in [6.07, 6.45) is 1.51. The second-order valence-corrected chi connectivity index (χ2v) is 7.41. The van der Waals surface area contributed by atoms with E-state index in [2.05, 4.69) is 31.2 Å². The predicted molar refractivity (Wildman–Crippen MR) is 111 cm³/mol. The first-order valence-electron chi connectivity index (χ1n) is 8.50. The molecular weight excluding hydrogens is 445 g/mol. The molecule has 0 aliphatic heterocycles. The van der Waals surface area contributed by atoms with Gasteiger partial charge in [0.15, 0.2) is 5.16 Å². The molecule has 8 heteroatoms. The van der Waals surface area contributed by atoms with Crippen molar-refractivity contribution in [2.45, 2.75) is 17.8 Å². The Morgan fingerprint density at radius 3 is 2.75 bits per heavy atom. The molecule has 0 bridgehead atoms. The Labute approximate surface area is 174 Å². The lowest BCUT2D eigenvalue weighted by Crippen LogP contribution is -2.16. The van der Waals surface area contributed by atoms with Crippen LogP contribution in [0.2, 0.25) is 0 Å². The number of halogens is 2. The summed E-state index contributed by atoms with van der Waals surface area (Å²) in [5, 5.41) is 3.19. The lowest BCUT2D eigenvalue weighted by Gasteiger charge is -2.12. The molecule has 1 N–H and O–H groups in total. The number of para-hydroxylation sites is 2. The third-order valence-electron chi connectivity index (χ3n) is 3.69. The van der Waals surface area contributed by atoms with E-state index in [1.54, 1.807) is 30.3 Å². The number of anilines is 1. The van der Waals surface area contributed by atoms with Crippen LogP contribution in [0, 0.1) is 5.82 Å². The molecule has 0 unspecified atom stereocenters. The number of amides is 1. The van der Waals surface area contributed by atoms with Crippen LogP contribution in [0.15, 0.2) is 64.4 Å². The Hall–Kier alpha value is -2.45. The van der Waals surface area contributed by atoms with Crippen LogP contribution in [0.4, 0.5) is 10.1 Å². The van der Waals surface area contributed by atoms with Gasteiger partial charge in [-0.05, 0) is 46.6 Å². The summed E-state index contributed by atoms with van der Waals surface area (Å²) in [6.45, 7) is 2.36. The summed E-state index contributed by atoms with van der Waals surface area (Å²) >= 11 is 4.57. The molecule has 0 atom stereocenters. The van der Waals surface area contributed by atoms with Crippen molar-refractivity contribution in [2.75, 3.05) is 11.9 Å². The molecule has 2 aromatic carbocycles. The van der Waals surface area contributed by atoms with E-state index >= 15 is 0 Å². The summed E-state index contributed by atoms with van der Waals surface area (Å²) in [5.41, 5.74) is 1.30. The molecule has 3 rings (SSSR count). The third-order valence-corrected chi connectivity index (χ3v) is 5.18. The number of carbonyl (C=O) groups excluding carboxylic acids is 1. The number of benzene rings is 2. The molecule has 5 nitrogen and oxygen atoms in total. The molecule has 3 aromatic rings. The van der Waals surface area contributed by atoms with Gasteiger partial charge in [-0.15, -0.1) is 0 Å². The molecule has 0 saturated heterocycles. The van der Waals surface area contributed by atoms with Gasteiger partial charge in [0, 0.05) is 11.9 Å². The molecule has 144 valence electrons. The minimum Gasteiger partial charge on any atom is -0.492 e. The first kappa shape index (κ1) is 20.3. The molecule has 0 fully saturated rings. The Morgan fingerprint density at radius 1 is 1.21 bits per heavy atom. The van der Waals surface area contributed by atoms with Gasteiger partial charge in [-0.3, -0.25) is 4.79 Å². The van der Waals surface area contributed by atoms with Crippen LogP contribution in [-0.2, 0) is 5.75 Å². The molecule has 0 radical (unpaired) electrons. The highest BCUT2D eigenvalue weighted by Gasteiger charge is 2.16. The molecule has 0 saturated carbocycles. The fourth-order valence-electron chi connectivity index (χ4n) is 2.37. The van der Waals surface area contributed by atoms with Gasteiger partial charge in [0.1, 0.15) is 17.3 Å². The average molecular weight is 462 g/mol. The minimum absolute atomic E-state index is 0.192. The summed E-state index contributed by atoms with van der Waals surface area (Å²) < 4.78 is 19.8. The lowest BCUT2D eigenvalue weighted by atomic mass is 10.2. The number of rotatable bonds is 7. The summed E-state index contributed by atoms with van der Waals surface area (Å²) in [4.78, 5) is 21.2. The average Bonchev–Trinajstić information content (AvgIpc) is 2.70. The van der Waals surface area contributed by atoms with Gasteiger partial charge in [-0.25, -0.2) is 14.4 Å². The lowest BCUT2D eigenvalue weighted by molar-refractivity contribution is 0.102. The zero-order chi connectivity index (χ0) is 19.9. The maximum absolute atomic E-state index is 13.8. The summed E-state index contributed by atoms with van der Waals surface area (Å²) in [7, 11) is 0. The van der Waals surface area contributed by atoms with E-state index in [0.717, 1.165) is 0 Å². The third kappa shape index (κ3) is 5.08.